The number of anilines is 1. The predicted octanol–water partition coefficient (Wildman–Crippen LogP) is 8.15. The molecule has 2 aromatic rings. The molecule has 0 saturated heterocycles. The van der Waals surface area contributed by atoms with Gasteiger partial charge in [0.25, 0.3) is 0 Å². The number of hydrogen-bond donors (Lipinski definition) is 1. The van der Waals surface area contributed by atoms with E-state index < -0.39 is 0 Å². The second-order valence-corrected chi connectivity index (χ2v) is 14.5. The number of amides is 1. The molecule has 43 heavy (non-hydrogen) atoms. The zero-order valence-electron chi connectivity index (χ0n) is 26.3. The number of fused-ring (bicyclic) bond motifs is 5. The molecule has 5 rings (SSSR count). The lowest BCUT2D eigenvalue weighted by atomic mass is 9.53. The van der Waals surface area contributed by atoms with Crippen LogP contribution < -0.4 is 10.1 Å². The molecule has 1 aromatic carbocycles. The Morgan fingerprint density at radius 1 is 1.07 bits per heavy atom. The molecule has 0 spiro atoms. The Hall–Kier alpha value is -2.74. The fourth-order valence-corrected chi connectivity index (χ4v) is 8.97. The molecule has 3 aliphatic carbocycles. The maximum Gasteiger partial charge on any atom is 0.311 e. The highest BCUT2D eigenvalue weighted by Gasteiger charge is 2.60. The molecule has 2 fully saturated rings. The summed E-state index contributed by atoms with van der Waals surface area (Å²) in [5, 5.41) is 3.63. The molecule has 3 unspecified atom stereocenters. The second kappa shape index (κ2) is 13.9. The number of unbranched alkanes of at least 4 members (excludes halogenated alkanes) is 2. The Balaban J connectivity index is 1.33. The van der Waals surface area contributed by atoms with Crippen LogP contribution in [0.3, 0.4) is 0 Å². The molecule has 1 heterocycles. The van der Waals surface area contributed by atoms with E-state index in [2.05, 4.69) is 43.2 Å². The average molecular weight is 609 g/mol. The summed E-state index contributed by atoms with van der Waals surface area (Å²) in [6, 6.07) is 6.24. The number of thiazole rings is 1. The van der Waals surface area contributed by atoms with E-state index in [1.165, 1.54) is 22.5 Å². The van der Waals surface area contributed by atoms with Crippen molar-refractivity contribution < 1.29 is 23.9 Å². The standard InChI is InChI=1S/C35H48N2O5S/c1-5-7-9-31(39)41-25-13-15-26-23(19-25)11-14-28-27(26)17-18-35(4)29(42-32(40)10-8-6-2)20-24(33(28)35)12-16-30(38)37-34-36-21-22(3)43-34/h13,15,19,21,24,27-29,33H,5-12,14,16-18,20H2,1-4H3,(H,36,37,38)/t24-,27?,28?,29+,33?,35-/m1/s1. The van der Waals surface area contributed by atoms with Crippen molar-refractivity contribution in [1.82, 2.24) is 4.98 Å². The van der Waals surface area contributed by atoms with Crippen LogP contribution in [0.2, 0.25) is 0 Å². The molecular formula is C35H48N2O5S. The minimum absolute atomic E-state index is 0.00167. The van der Waals surface area contributed by atoms with Gasteiger partial charge < -0.3 is 14.8 Å². The number of carbonyl (C=O) groups excluding carboxylic acids is 3. The van der Waals surface area contributed by atoms with Gasteiger partial charge in [-0.2, -0.15) is 0 Å². The van der Waals surface area contributed by atoms with Crippen LogP contribution in [-0.2, 0) is 25.5 Å². The van der Waals surface area contributed by atoms with Gasteiger partial charge in [0, 0.05) is 35.8 Å². The molecule has 6 atom stereocenters. The first-order chi connectivity index (χ1) is 20.7. The van der Waals surface area contributed by atoms with Crippen LogP contribution in [-0.4, -0.2) is 28.9 Å². The summed E-state index contributed by atoms with van der Waals surface area (Å²) in [4.78, 5) is 43.4. The van der Waals surface area contributed by atoms with Gasteiger partial charge in [-0.25, -0.2) is 4.98 Å². The topological polar surface area (TPSA) is 94.6 Å². The van der Waals surface area contributed by atoms with Crippen molar-refractivity contribution >= 4 is 34.3 Å². The highest BCUT2D eigenvalue weighted by molar-refractivity contribution is 7.15. The number of hydrogen-bond acceptors (Lipinski definition) is 7. The maximum absolute atomic E-state index is 12.9. The summed E-state index contributed by atoms with van der Waals surface area (Å²) < 4.78 is 11.9. The quantitative estimate of drug-likeness (QED) is 0.193. The Kier molecular flexibility index (Phi) is 10.3. The number of aryl methyl sites for hydroxylation is 2. The highest BCUT2D eigenvalue weighted by Crippen LogP contribution is 2.64. The number of ether oxygens (including phenoxy) is 2. The zero-order valence-corrected chi connectivity index (χ0v) is 27.1. The first kappa shape index (κ1) is 31.7. The predicted molar refractivity (Wildman–Crippen MR) is 169 cm³/mol. The van der Waals surface area contributed by atoms with E-state index in [1.54, 1.807) is 6.20 Å². The fraction of sp³-hybridized carbons (Fsp3) is 0.657. The van der Waals surface area contributed by atoms with E-state index in [1.807, 2.05) is 13.0 Å². The highest BCUT2D eigenvalue weighted by atomic mass is 32.1. The summed E-state index contributed by atoms with van der Waals surface area (Å²) in [6.45, 7) is 8.50. The number of aromatic nitrogens is 1. The van der Waals surface area contributed by atoms with Gasteiger partial charge in [0.1, 0.15) is 11.9 Å². The third kappa shape index (κ3) is 7.16. The second-order valence-electron chi connectivity index (χ2n) is 13.3. The lowest BCUT2D eigenvalue weighted by molar-refractivity contribution is -0.157. The van der Waals surface area contributed by atoms with Gasteiger partial charge in [0.2, 0.25) is 5.91 Å². The molecule has 8 heteroatoms. The molecular weight excluding hydrogens is 560 g/mol. The lowest BCUT2D eigenvalue weighted by Crippen LogP contribution is -2.46. The Morgan fingerprint density at radius 2 is 1.84 bits per heavy atom. The molecule has 1 aromatic heterocycles. The summed E-state index contributed by atoms with van der Waals surface area (Å²) in [5.41, 5.74) is 2.58. The van der Waals surface area contributed by atoms with Crippen LogP contribution >= 0.6 is 11.3 Å². The monoisotopic (exact) mass is 608 g/mol. The van der Waals surface area contributed by atoms with E-state index in [9.17, 15) is 14.4 Å². The summed E-state index contributed by atoms with van der Waals surface area (Å²) in [7, 11) is 0. The average Bonchev–Trinajstić information content (AvgIpc) is 3.52. The smallest absolute Gasteiger partial charge is 0.311 e. The molecule has 0 aliphatic heterocycles. The van der Waals surface area contributed by atoms with Gasteiger partial charge in [-0.1, -0.05) is 39.7 Å². The van der Waals surface area contributed by atoms with Crippen molar-refractivity contribution in [3.63, 3.8) is 0 Å². The van der Waals surface area contributed by atoms with Crippen LogP contribution in [0.25, 0.3) is 0 Å². The molecule has 7 nitrogen and oxygen atoms in total. The van der Waals surface area contributed by atoms with Gasteiger partial charge in [-0.05, 0) is 105 Å². The van der Waals surface area contributed by atoms with Crippen LogP contribution in [0.4, 0.5) is 5.13 Å². The fourth-order valence-electron chi connectivity index (χ4n) is 8.29. The van der Waals surface area contributed by atoms with E-state index in [-0.39, 0.29) is 29.4 Å². The molecule has 1 N–H and O–H groups in total. The summed E-state index contributed by atoms with van der Waals surface area (Å²) >= 11 is 1.49. The summed E-state index contributed by atoms with van der Waals surface area (Å²) in [5.74, 6) is 2.00. The van der Waals surface area contributed by atoms with E-state index in [4.69, 9.17) is 9.47 Å². The van der Waals surface area contributed by atoms with Crippen LogP contribution in [0.1, 0.15) is 120 Å². The van der Waals surface area contributed by atoms with Gasteiger partial charge in [0.15, 0.2) is 5.13 Å². The molecule has 2 saturated carbocycles. The van der Waals surface area contributed by atoms with Gasteiger partial charge in [-0.15, -0.1) is 11.3 Å². The number of esters is 2. The minimum Gasteiger partial charge on any atom is -0.462 e. The number of benzene rings is 1. The van der Waals surface area contributed by atoms with E-state index in [0.29, 0.717) is 53.8 Å². The van der Waals surface area contributed by atoms with Crippen molar-refractivity contribution in [3.8, 4) is 5.75 Å². The number of nitrogens with zero attached hydrogens (tertiary/aromatic N) is 1. The third-order valence-electron chi connectivity index (χ3n) is 10.3. The number of nitrogens with one attached hydrogen (secondary N) is 1. The maximum atomic E-state index is 12.9. The van der Waals surface area contributed by atoms with Crippen molar-refractivity contribution in [3.05, 3.63) is 40.4 Å². The molecule has 0 radical (unpaired) electrons. The van der Waals surface area contributed by atoms with Gasteiger partial charge >= 0.3 is 11.9 Å². The number of carbonyl (C=O) groups is 3. The van der Waals surface area contributed by atoms with E-state index >= 15 is 0 Å². The third-order valence-corrected chi connectivity index (χ3v) is 11.2. The molecule has 1 amide bonds. The summed E-state index contributed by atoms with van der Waals surface area (Å²) in [6.07, 6.45) is 12.3. The van der Waals surface area contributed by atoms with Crippen molar-refractivity contribution in [1.29, 1.82) is 0 Å². The Bertz CT molecular complexity index is 1310. The lowest BCUT2D eigenvalue weighted by Gasteiger charge is -2.51. The first-order valence-electron chi connectivity index (χ1n) is 16.5. The minimum atomic E-state index is -0.161. The van der Waals surface area contributed by atoms with Crippen molar-refractivity contribution in [2.75, 3.05) is 5.32 Å². The van der Waals surface area contributed by atoms with Crippen molar-refractivity contribution in [2.24, 2.45) is 23.2 Å². The van der Waals surface area contributed by atoms with Crippen molar-refractivity contribution in [2.45, 2.75) is 123 Å². The molecule has 234 valence electrons. The first-order valence-corrected chi connectivity index (χ1v) is 17.3. The Morgan fingerprint density at radius 3 is 2.56 bits per heavy atom. The van der Waals surface area contributed by atoms with Gasteiger partial charge in [0.05, 0.1) is 0 Å². The normalized spacial score (nSPS) is 27.5. The van der Waals surface area contributed by atoms with Crippen LogP contribution in [0.5, 0.6) is 5.75 Å². The molecule has 3 aliphatic rings. The van der Waals surface area contributed by atoms with Crippen LogP contribution in [0.15, 0.2) is 24.4 Å². The SMILES string of the molecule is CCCCC(=O)Oc1ccc2c(c1)CCC1C2CC[C@@]2(C)C1[C@H](CCC(=O)Nc1ncc(C)s1)C[C@@H]2OC(=O)CCCC. The number of rotatable bonds is 12. The Labute approximate surface area is 260 Å². The van der Waals surface area contributed by atoms with E-state index in [0.717, 1.165) is 69.1 Å². The van der Waals surface area contributed by atoms with Gasteiger partial charge in [-0.3, -0.25) is 14.4 Å². The molecule has 0 bridgehead atoms. The largest absolute Gasteiger partial charge is 0.462 e. The van der Waals surface area contributed by atoms with Crippen LogP contribution in [0, 0.1) is 30.1 Å². The zero-order chi connectivity index (χ0) is 30.6.